The Bertz CT molecular complexity index is 662. The normalized spacial score (nSPS) is 10.9. The maximum atomic E-state index is 4.94. The molecule has 1 aromatic carbocycles. The molecular weight excluding hydrogens is 226 g/mol. The quantitative estimate of drug-likeness (QED) is 0.633. The molecule has 0 aliphatic carbocycles. The number of thiophene rings is 1. The Kier molecular flexibility index (Phi) is 1.93. The highest BCUT2D eigenvalue weighted by Gasteiger charge is 2.07. The molecule has 0 saturated heterocycles. The zero-order chi connectivity index (χ0) is 10.3. The SMILES string of the molecule is S=c1nc(-c2csc3ccccc23)[nH][nH]1. The third-order valence-corrected chi connectivity index (χ3v) is 3.39. The van der Waals surface area contributed by atoms with E-state index < -0.39 is 0 Å². The molecule has 2 aromatic heterocycles. The Balaban J connectivity index is 2.32. The van der Waals surface area contributed by atoms with E-state index in [1.54, 1.807) is 11.3 Å². The maximum Gasteiger partial charge on any atom is 0.213 e. The largest absolute Gasteiger partial charge is 0.282 e. The number of aromatic amines is 2. The van der Waals surface area contributed by atoms with E-state index in [1.165, 1.54) is 10.1 Å². The Morgan fingerprint density at radius 3 is 2.87 bits per heavy atom. The summed E-state index contributed by atoms with van der Waals surface area (Å²) in [4.78, 5) is 4.21. The molecule has 0 unspecified atom stereocenters. The molecule has 3 aromatic rings. The van der Waals surface area contributed by atoms with E-state index >= 15 is 0 Å². The number of hydrogen-bond acceptors (Lipinski definition) is 3. The van der Waals surface area contributed by atoms with Crippen molar-refractivity contribution in [3.05, 3.63) is 34.4 Å². The number of nitrogens with zero attached hydrogens (tertiary/aromatic N) is 1. The summed E-state index contributed by atoms with van der Waals surface area (Å²) < 4.78 is 1.75. The molecule has 3 nitrogen and oxygen atoms in total. The molecule has 74 valence electrons. The second-order valence-corrected chi connectivity index (χ2v) is 4.46. The summed E-state index contributed by atoms with van der Waals surface area (Å²) in [6, 6.07) is 8.26. The molecule has 0 bridgehead atoms. The minimum atomic E-state index is 0.486. The van der Waals surface area contributed by atoms with Gasteiger partial charge in [-0.1, -0.05) is 18.2 Å². The summed E-state index contributed by atoms with van der Waals surface area (Å²) in [6.07, 6.45) is 0. The molecule has 0 saturated carbocycles. The second-order valence-electron chi connectivity index (χ2n) is 3.16. The molecule has 0 atom stereocenters. The number of benzene rings is 1. The molecule has 0 amide bonds. The fourth-order valence-corrected chi connectivity index (χ4v) is 2.65. The van der Waals surface area contributed by atoms with Crippen LogP contribution in [0, 0.1) is 4.77 Å². The van der Waals surface area contributed by atoms with Gasteiger partial charge in [-0.2, -0.15) is 4.98 Å². The lowest BCUT2D eigenvalue weighted by Crippen LogP contribution is -1.77. The van der Waals surface area contributed by atoms with Gasteiger partial charge in [0.05, 0.1) is 0 Å². The highest BCUT2D eigenvalue weighted by molar-refractivity contribution is 7.71. The fourth-order valence-electron chi connectivity index (χ4n) is 1.56. The zero-order valence-corrected chi connectivity index (χ0v) is 9.28. The van der Waals surface area contributed by atoms with E-state index in [0.717, 1.165) is 11.4 Å². The van der Waals surface area contributed by atoms with Crippen LogP contribution >= 0.6 is 23.6 Å². The molecule has 2 N–H and O–H groups in total. The van der Waals surface area contributed by atoms with Gasteiger partial charge in [0.25, 0.3) is 0 Å². The van der Waals surface area contributed by atoms with Gasteiger partial charge in [-0.15, -0.1) is 11.3 Å². The minimum Gasteiger partial charge on any atom is -0.282 e. The molecule has 15 heavy (non-hydrogen) atoms. The van der Waals surface area contributed by atoms with E-state index in [1.807, 2.05) is 12.1 Å². The summed E-state index contributed by atoms with van der Waals surface area (Å²) in [5.74, 6) is 0.803. The lowest BCUT2D eigenvalue weighted by atomic mass is 10.2. The van der Waals surface area contributed by atoms with Gasteiger partial charge in [0.1, 0.15) is 0 Å². The Hall–Kier alpha value is -1.46. The minimum absolute atomic E-state index is 0.486. The van der Waals surface area contributed by atoms with Crippen molar-refractivity contribution in [1.82, 2.24) is 15.2 Å². The van der Waals surface area contributed by atoms with Crippen LogP contribution in [-0.2, 0) is 0 Å². The topological polar surface area (TPSA) is 44.5 Å². The predicted molar refractivity (Wildman–Crippen MR) is 64.6 cm³/mol. The van der Waals surface area contributed by atoms with Crippen molar-refractivity contribution in [2.75, 3.05) is 0 Å². The monoisotopic (exact) mass is 233 g/mol. The van der Waals surface area contributed by atoms with E-state index in [0.29, 0.717) is 4.77 Å². The third-order valence-electron chi connectivity index (χ3n) is 2.24. The van der Waals surface area contributed by atoms with E-state index in [9.17, 15) is 0 Å². The number of fused-ring (bicyclic) bond motifs is 1. The maximum absolute atomic E-state index is 4.94. The first-order valence-electron chi connectivity index (χ1n) is 4.46. The first-order valence-corrected chi connectivity index (χ1v) is 5.75. The molecule has 3 rings (SSSR count). The number of hydrogen-bond donors (Lipinski definition) is 2. The summed E-state index contributed by atoms with van der Waals surface area (Å²) >= 11 is 6.65. The molecule has 0 spiro atoms. The van der Waals surface area contributed by atoms with Crippen LogP contribution in [0.4, 0.5) is 0 Å². The van der Waals surface area contributed by atoms with Crippen LogP contribution in [0.5, 0.6) is 0 Å². The predicted octanol–water partition coefficient (Wildman–Crippen LogP) is 3.35. The molecule has 0 radical (unpaired) electrons. The van der Waals surface area contributed by atoms with Crippen LogP contribution in [0.1, 0.15) is 0 Å². The molecule has 5 heteroatoms. The van der Waals surface area contributed by atoms with Gasteiger partial charge >= 0.3 is 0 Å². The first kappa shape index (κ1) is 8.82. The third kappa shape index (κ3) is 1.40. The molecular formula is C10H7N3S2. The number of aromatic nitrogens is 3. The molecule has 0 fully saturated rings. The fraction of sp³-hybridized carbons (Fsp3) is 0. The summed E-state index contributed by atoms with van der Waals surface area (Å²) in [7, 11) is 0. The summed E-state index contributed by atoms with van der Waals surface area (Å²) in [5, 5.41) is 9.07. The summed E-state index contributed by atoms with van der Waals surface area (Å²) in [6.45, 7) is 0. The van der Waals surface area contributed by atoms with Crippen molar-refractivity contribution in [3.63, 3.8) is 0 Å². The van der Waals surface area contributed by atoms with Crippen molar-refractivity contribution >= 4 is 33.6 Å². The van der Waals surface area contributed by atoms with Crippen molar-refractivity contribution in [3.8, 4) is 11.4 Å². The molecule has 0 aliphatic rings. The average Bonchev–Trinajstić information content (AvgIpc) is 2.83. The Labute approximate surface area is 94.8 Å². The van der Waals surface area contributed by atoms with Crippen LogP contribution in [0.15, 0.2) is 29.6 Å². The smallest absolute Gasteiger partial charge is 0.213 e. The van der Waals surface area contributed by atoms with E-state index in [4.69, 9.17) is 12.2 Å². The van der Waals surface area contributed by atoms with E-state index in [2.05, 4.69) is 32.7 Å². The lowest BCUT2D eigenvalue weighted by molar-refractivity contribution is 1.08. The number of nitrogens with one attached hydrogen (secondary N) is 2. The van der Waals surface area contributed by atoms with Gasteiger partial charge in [0, 0.05) is 21.0 Å². The summed E-state index contributed by atoms with van der Waals surface area (Å²) in [5.41, 5.74) is 1.10. The van der Waals surface area contributed by atoms with Gasteiger partial charge in [0.15, 0.2) is 5.82 Å². The van der Waals surface area contributed by atoms with Crippen LogP contribution in [0.2, 0.25) is 0 Å². The highest BCUT2D eigenvalue weighted by atomic mass is 32.1. The van der Waals surface area contributed by atoms with Crippen LogP contribution in [0.25, 0.3) is 21.5 Å². The second kappa shape index (κ2) is 3.29. The van der Waals surface area contributed by atoms with Gasteiger partial charge in [0.2, 0.25) is 4.77 Å². The first-order chi connectivity index (χ1) is 7.34. The number of H-pyrrole nitrogens is 2. The van der Waals surface area contributed by atoms with Gasteiger partial charge < -0.3 is 0 Å². The standard InChI is InChI=1S/C10H7N3S2/c14-10-11-9(12-13-10)7-5-15-8-4-2-1-3-6(7)8/h1-5H,(H2,11,12,13,14). The van der Waals surface area contributed by atoms with Gasteiger partial charge in [-0.3, -0.25) is 10.2 Å². The van der Waals surface area contributed by atoms with E-state index in [-0.39, 0.29) is 0 Å². The van der Waals surface area contributed by atoms with Gasteiger partial charge in [-0.25, -0.2) is 0 Å². The van der Waals surface area contributed by atoms with Crippen molar-refractivity contribution in [1.29, 1.82) is 0 Å². The Morgan fingerprint density at radius 2 is 2.07 bits per heavy atom. The highest BCUT2D eigenvalue weighted by Crippen LogP contribution is 2.31. The van der Waals surface area contributed by atoms with Crippen LogP contribution in [-0.4, -0.2) is 15.2 Å². The molecule has 2 heterocycles. The zero-order valence-electron chi connectivity index (χ0n) is 7.65. The average molecular weight is 233 g/mol. The molecule has 0 aliphatic heterocycles. The number of rotatable bonds is 1. The van der Waals surface area contributed by atoms with Crippen molar-refractivity contribution in [2.45, 2.75) is 0 Å². The van der Waals surface area contributed by atoms with Gasteiger partial charge in [-0.05, 0) is 18.3 Å². The van der Waals surface area contributed by atoms with Crippen molar-refractivity contribution < 1.29 is 0 Å². The van der Waals surface area contributed by atoms with Crippen molar-refractivity contribution in [2.24, 2.45) is 0 Å². The van der Waals surface area contributed by atoms with Crippen LogP contribution in [0.3, 0.4) is 0 Å². The van der Waals surface area contributed by atoms with Crippen LogP contribution < -0.4 is 0 Å². The Morgan fingerprint density at radius 1 is 1.20 bits per heavy atom. The lowest BCUT2D eigenvalue weighted by Gasteiger charge is -1.92.